The van der Waals surface area contributed by atoms with Crippen LogP contribution in [0.4, 0.5) is 5.69 Å². The van der Waals surface area contributed by atoms with Crippen molar-refractivity contribution in [3.63, 3.8) is 0 Å². The highest BCUT2D eigenvalue weighted by atomic mass is 79.9. The summed E-state index contributed by atoms with van der Waals surface area (Å²) in [5.41, 5.74) is 0.745. The van der Waals surface area contributed by atoms with E-state index in [0.717, 1.165) is 23.2 Å². The molecule has 0 saturated carbocycles. The van der Waals surface area contributed by atoms with Crippen LogP contribution in [0.15, 0.2) is 33.0 Å². The summed E-state index contributed by atoms with van der Waals surface area (Å²) in [6.07, 6.45) is 0. The van der Waals surface area contributed by atoms with Gasteiger partial charge in [-0.2, -0.15) is 0 Å². The van der Waals surface area contributed by atoms with Crippen LogP contribution in [0.5, 0.6) is 0 Å². The van der Waals surface area contributed by atoms with E-state index in [0.29, 0.717) is 5.02 Å². The van der Waals surface area contributed by atoms with E-state index in [-0.39, 0.29) is 0 Å². The lowest BCUT2D eigenvalue weighted by atomic mass is 10.3. The van der Waals surface area contributed by atoms with Crippen molar-refractivity contribution >= 4 is 33.2 Å². The summed E-state index contributed by atoms with van der Waals surface area (Å²) in [6, 6.07) is 5.52. The Morgan fingerprint density at radius 3 is 2.60 bits per heavy atom. The van der Waals surface area contributed by atoms with E-state index >= 15 is 0 Å². The third-order valence-corrected chi connectivity index (χ3v) is 3.32. The van der Waals surface area contributed by atoms with Gasteiger partial charge in [0.25, 0.3) is 0 Å². The first-order valence-corrected chi connectivity index (χ1v) is 5.96. The van der Waals surface area contributed by atoms with E-state index in [1.807, 2.05) is 37.1 Å². The average Bonchev–Trinajstić information content (AvgIpc) is 2.25. The minimum absolute atomic E-state index is 0.644. The van der Waals surface area contributed by atoms with Crippen molar-refractivity contribution < 1.29 is 0 Å². The van der Waals surface area contributed by atoms with Crippen molar-refractivity contribution in [3.05, 3.63) is 27.7 Å². The summed E-state index contributed by atoms with van der Waals surface area (Å²) < 4.78 is 0.780. The first-order valence-electron chi connectivity index (χ1n) is 4.79. The van der Waals surface area contributed by atoms with Crippen molar-refractivity contribution in [2.45, 2.75) is 13.8 Å². The molecule has 0 heterocycles. The largest absolute Gasteiger partial charge is 0.279 e. The SMILES string of the molecule is CCN(CC)/N=N/c1cccc(Cl)c1Br. The van der Waals surface area contributed by atoms with Crippen molar-refractivity contribution in [2.75, 3.05) is 13.1 Å². The van der Waals surface area contributed by atoms with Crippen LogP contribution < -0.4 is 0 Å². The summed E-state index contributed by atoms with van der Waals surface area (Å²) in [5, 5.41) is 10.7. The molecule has 0 fully saturated rings. The normalized spacial score (nSPS) is 10.9. The Balaban J connectivity index is 2.84. The molecular weight excluding hydrogens is 277 g/mol. The fourth-order valence-electron chi connectivity index (χ4n) is 1.03. The van der Waals surface area contributed by atoms with Gasteiger partial charge in [0.1, 0.15) is 5.69 Å². The van der Waals surface area contributed by atoms with Gasteiger partial charge in [0, 0.05) is 13.1 Å². The zero-order valence-electron chi connectivity index (χ0n) is 8.74. The Morgan fingerprint density at radius 2 is 2.00 bits per heavy atom. The van der Waals surface area contributed by atoms with Crippen LogP contribution in [0.1, 0.15) is 13.8 Å². The molecule has 1 aromatic rings. The highest BCUT2D eigenvalue weighted by Gasteiger charge is 2.02. The highest BCUT2D eigenvalue weighted by Crippen LogP contribution is 2.32. The number of nitrogens with zero attached hydrogens (tertiary/aromatic N) is 3. The molecule has 0 aliphatic carbocycles. The molecule has 0 aliphatic heterocycles. The number of rotatable bonds is 4. The first-order chi connectivity index (χ1) is 7.19. The molecule has 0 radical (unpaired) electrons. The second-order valence-corrected chi connectivity index (χ2v) is 4.10. The maximum Gasteiger partial charge on any atom is 0.103 e. The van der Waals surface area contributed by atoms with Gasteiger partial charge in [-0.25, -0.2) is 0 Å². The van der Waals surface area contributed by atoms with E-state index in [2.05, 4.69) is 26.3 Å². The van der Waals surface area contributed by atoms with Crippen molar-refractivity contribution in [3.8, 4) is 0 Å². The second kappa shape index (κ2) is 6.08. The fraction of sp³-hybridized carbons (Fsp3) is 0.400. The molecule has 1 rings (SSSR count). The summed E-state index contributed by atoms with van der Waals surface area (Å²) >= 11 is 9.30. The molecule has 1 aromatic carbocycles. The van der Waals surface area contributed by atoms with Crippen LogP contribution in [0.2, 0.25) is 5.02 Å². The maximum absolute atomic E-state index is 5.93. The number of hydrogen-bond acceptors (Lipinski definition) is 2. The molecule has 0 aliphatic rings. The van der Waals surface area contributed by atoms with Gasteiger partial charge in [0.2, 0.25) is 0 Å². The molecule has 82 valence electrons. The molecule has 3 nitrogen and oxygen atoms in total. The molecule has 0 spiro atoms. The average molecular weight is 291 g/mol. The van der Waals surface area contributed by atoms with Gasteiger partial charge in [0.05, 0.1) is 9.50 Å². The van der Waals surface area contributed by atoms with Gasteiger partial charge in [-0.15, -0.1) is 5.11 Å². The zero-order valence-corrected chi connectivity index (χ0v) is 11.1. The lowest BCUT2D eigenvalue weighted by Gasteiger charge is -2.11. The Labute approximate surface area is 103 Å². The number of halogens is 2. The van der Waals surface area contributed by atoms with Crippen molar-refractivity contribution in [1.82, 2.24) is 5.01 Å². The Kier molecular flexibility index (Phi) is 5.05. The van der Waals surface area contributed by atoms with Crippen molar-refractivity contribution in [2.24, 2.45) is 10.3 Å². The molecule has 15 heavy (non-hydrogen) atoms. The molecule has 0 saturated heterocycles. The van der Waals surface area contributed by atoms with Crippen molar-refractivity contribution in [1.29, 1.82) is 0 Å². The molecular formula is C10H13BrClN3. The second-order valence-electron chi connectivity index (χ2n) is 2.90. The Hall–Kier alpha value is -0.610. The monoisotopic (exact) mass is 289 g/mol. The Bertz CT molecular complexity index is 351. The van der Waals surface area contributed by atoms with E-state index in [4.69, 9.17) is 11.6 Å². The molecule has 0 unspecified atom stereocenters. The van der Waals surface area contributed by atoms with Crippen LogP contribution in [0.25, 0.3) is 0 Å². The molecule has 0 atom stereocenters. The smallest absolute Gasteiger partial charge is 0.103 e. The summed E-state index contributed by atoms with van der Waals surface area (Å²) in [4.78, 5) is 0. The predicted octanol–water partition coefficient (Wildman–Crippen LogP) is 4.44. The topological polar surface area (TPSA) is 28.0 Å². The van der Waals surface area contributed by atoms with Crippen LogP contribution in [-0.2, 0) is 0 Å². The van der Waals surface area contributed by atoms with Crippen LogP contribution >= 0.6 is 27.5 Å². The molecule has 0 aromatic heterocycles. The molecule has 0 N–H and O–H groups in total. The van der Waals surface area contributed by atoms with Gasteiger partial charge >= 0.3 is 0 Å². The maximum atomic E-state index is 5.93. The molecule has 0 bridgehead atoms. The van der Waals surface area contributed by atoms with E-state index < -0.39 is 0 Å². The Morgan fingerprint density at radius 1 is 1.33 bits per heavy atom. The lowest BCUT2D eigenvalue weighted by Crippen LogP contribution is -2.14. The standard InChI is InChI=1S/C10H13BrClN3/c1-3-15(4-2)14-13-9-7-5-6-8(12)10(9)11/h5-7H,3-4H2,1-2H3/b14-13+. The van der Waals surface area contributed by atoms with E-state index in [1.54, 1.807) is 0 Å². The van der Waals surface area contributed by atoms with Crippen LogP contribution in [0, 0.1) is 0 Å². The van der Waals surface area contributed by atoms with E-state index in [1.165, 1.54) is 0 Å². The lowest BCUT2D eigenvalue weighted by molar-refractivity contribution is 0.300. The summed E-state index contributed by atoms with van der Waals surface area (Å²) in [5.74, 6) is 0. The molecule has 5 heteroatoms. The quantitative estimate of drug-likeness (QED) is 0.595. The minimum atomic E-state index is 0.644. The van der Waals surface area contributed by atoms with Gasteiger partial charge < -0.3 is 0 Å². The molecule has 0 amide bonds. The predicted molar refractivity (Wildman–Crippen MR) is 66.6 cm³/mol. The van der Waals surface area contributed by atoms with Gasteiger partial charge in [-0.3, -0.25) is 5.01 Å². The van der Waals surface area contributed by atoms with Crippen LogP contribution in [0.3, 0.4) is 0 Å². The van der Waals surface area contributed by atoms with Gasteiger partial charge in [-0.05, 0) is 41.9 Å². The van der Waals surface area contributed by atoms with E-state index in [9.17, 15) is 0 Å². The minimum Gasteiger partial charge on any atom is -0.279 e. The summed E-state index contributed by atoms with van der Waals surface area (Å²) in [6.45, 7) is 5.77. The summed E-state index contributed by atoms with van der Waals surface area (Å²) in [7, 11) is 0. The zero-order chi connectivity index (χ0) is 11.3. The third kappa shape index (κ3) is 3.47. The number of benzene rings is 1. The van der Waals surface area contributed by atoms with Gasteiger partial charge in [-0.1, -0.05) is 22.9 Å². The first kappa shape index (κ1) is 12.5. The van der Waals surface area contributed by atoms with Gasteiger partial charge in [0.15, 0.2) is 0 Å². The third-order valence-electron chi connectivity index (χ3n) is 1.94. The van der Waals surface area contributed by atoms with Crippen LogP contribution in [-0.4, -0.2) is 18.1 Å². The number of hydrogen-bond donors (Lipinski definition) is 0. The fourth-order valence-corrected chi connectivity index (χ4v) is 1.54. The highest BCUT2D eigenvalue weighted by molar-refractivity contribution is 9.10.